The number of hydrogen-bond donors (Lipinski definition) is 2. The molecule has 162 valence electrons. The molecule has 1 aromatic carbocycles. The third-order valence-electron chi connectivity index (χ3n) is 4.78. The maximum absolute atomic E-state index is 12.9. The van der Waals surface area contributed by atoms with Crippen molar-refractivity contribution in [3.8, 4) is 5.75 Å². The quantitative estimate of drug-likeness (QED) is 0.574. The van der Waals surface area contributed by atoms with E-state index in [1.165, 1.54) is 29.5 Å². The van der Waals surface area contributed by atoms with Gasteiger partial charge in [0.05, 0.1) is 11.1 Å². The number of halogens is 2. The summed E-state index contributed by atoms with van der Waals surface area (Å²) >= 11 is 1.37. The van der Waals surface area contributed by atoms with Gasteiger partial charge in [0, 0.05) is 25.1 Å². The predicted molar refractivity (Wildman–Crippen MR) is 111 cm³/mol. The Morgan fingerprint density at radius 1 is 1.17 bits per heavy atom. The predicted octanol–water partition coefficient (Wildman–Crippen LogP) is 4.25. The van der Waals surface area contributed by atoms with Gasteiger partial charge in [-0.3, -0.25) is 9.59 Å². The van der Waals surface area contributed by atoms with Gasteiger partial charge in [-0.15, -0.1) is 11.3 Å². The number of amides is 2. The van der Waals surface area contributed by atoms with E-state index in [2.05, 4.69) is 15.4 Å². The first-order chi connectivity index (χ1) is 14.5. The molecule has 0 saturated carbocycles. The van der Waals surface area contributed by atoms with E-state index in [-0.39, 0.29) is 17.2 Å². The summed E-state index contributed by atoms with van der Waals surface area (Å²) in [7, 11) is 1.60. The second-order valence-electron chi connectivity index (χ2n) is 6.85. The van der Waals surface area contributed by atoms with Crippen LogP contribution in [0.5, 0.6) is 5.75 Å². The van der Waals surface area contributed by atoms with Crippen LogP contribution in [0.1, 0.15) is 50.4 Å². The number of aryl methyl sites for hydroxylation is 1. The fraction of sp³-hybridized carbons (Fsp3) is 0.429. The molecule has 2 amide bonds. The molecule has 0 radical (unpaired) electrons. The topological polar surface area (TPSA) is 76.7 Å². The number of thiophene rings is 1. The van der Waals surface area contributed by atoms with E-state index in [4.69, 9.17) is 4.74 Å². The standard InChI is InChI=1S/C21H24F2N2O4S/c1-28-12-6-11-24-19(27)17-14-8-3-5-10-16(14)30-20(17)25-18(26)13-7-2-4-9-15(13)29-21(22)23/h2,4,7,9,21H,3,5-6,8,10-12H2,1H3,(H,24,27)(H,25,26). The van der Waals surface area contributed by atoms with Crippen LogP contribution in [-0.2, 0) is 17.6 Å². The molecule has 1 aliphatic carbocycles. The largest absolute Gasteiger partial charge is 0.434 e. The van der Waals surface area contributed by atoms with E-state index >= 15 is 0 Å². The van der Waals surface area contributed by atoms with Crippen molar-refractivity contribution in [3.05, 3.63) is 45.8 Å². The number of ether oxygens (including phenoxy) is 2. The summed E-state index contributed by atoms with van der Waals surface area (Å²) < 4.78 is 34.8. The lowest BCUT2D eigenvalue weighted by Gasteiger charge is -2.14. The smallest absolute Gasteiger partial charge is 0.387 e. The second kappa shape index (κ2) is 10.5. The fourth-order valence-electron chi connectivity index (χ4n) is 3.42. The van der Waals surface area contributed by atoms with Gasteiger partial charge < -0.3 is 20.1 Å². The summed E-state index contributed by atoms with van der Waals surface area (Å²) in [5.41, 5.74) is 1.41. The molecule has 0 atom stereocenters. The number of rotatable bonds is 9. The van der Waals surface area contributed by atoms with Crippen LogP contribution in [0.3, 0.4) is 0 Å². The summed E-state index contributed by atoms with van der Waals surface area (Å²) in [6.45, 7) is -2.05. The molecule has 30 heavy (non-hydrogen) atoms. The zero-order chi connectivity index (χ0) is 21.5. The van der Waals surface area contributed by atoms with Gasteiger partial charge in [-0.05, 0) is 49.8 Å². The number of alkyl halides is 2. The zero-order valence-corrected chi connectivity index (χ0v) is 17.5. The van der Waals surface area contributed by atoms with Crippen molar-refractivity contribution in [1.82, 2.24) is 5.32 Å². The van der Waals surface area contributed by atoms with E-state index in [0.717, 1.165) is 36.1 Å². The van der Waals surface area contributed by atoms with Crippen molar-refractivity contribution in [3.63, 3.8) is 0 Å². The van der Waals surface area contributed by atoms with Crippen LogP contribution in [0.4, 0.5) is 13.8 Å². The molecule has 1 aliphatic rings. The Morgan fingerprint density at radius 2 is 1.93 bits per heavy atom. The Morgan fingerprint density at radius 3 is 2.70 bits per heavy atom. The first kappa shape index (κ1) is 22.2. The minimum atomic E-state index is -3.04. The molecular formula is C21H24F2N2O4S. The summed E-state index contributed by atoms with van der Waals surface area (Å²) in [4.78, 5) is 26.8. The highest BCUT2D eigenvalue weighted by Crippen LogP contribution is 2.38. The Balaban J connectivity index is 1.84. The Hall–Kier alpha value is -2.52. The van der Waals surface area contributed by atoms with Crippen molar-refractivity contribution in [1.29, 1.82) is 0 Å². The van der Waals surface area contributed by atoms with Gasteiger partial charge >= 0.3 is 6.61 Å². The minimum absolute atomic E-state index is 0.0179. The zero-order valence-electron chi connectivity index (χ0n) is 16.6. The molecule has 3 rings (SSSR count). The molecule has 0 saturated heterocycles. The normalized spacial score (nSPS) is 13.1. The molecule has 0 bridgehead atoms. The van der Waals surface area contributed by atoms with Gasteiger partial charge in [-0.2, -0.15) is 8.78 Å². The Bertz CT molecular complexity index is 901. The van der Waals surface area contributed by atoms with Crippen LogP contribution >= 0.6 is 11.3 Å². The number of para-hydroxylation sites is 1. The highest BCUT2D eigenvalue weighted by Gasteiger charge is 2.27. The molecule has 1 aromatic heterocycles. The highest BCUT2D eigenvalue weighted by molar-refractivity contribution is 7.17. The van der Waals surface area contributed by atoms with E-state index in [9.17, 15) is 18.4 Å². The van der Waals surface area contributed by atoms with Crippen molar-refractivity contribution < 1.29 is 27.8 Å². The second-order valence-corrected chi connectivity index (χ2v) is 7.95. The molecule has 2 N–H and O–H groups in total. The van der Waals surface area contributed by atoms with Crippen molar-refractivity contribution in [2.75, 3.05) is 25.6 Å². The molecule has 2 aromatic rings. The number of anilines is 1. The molecular weight excluding hydrogens is 414 g/mol. The van der Waals surface area contributed by atoms with Gasteiger partial charge in [0.15, 0.2) is 0 Å². The average Bonchev–Trinajstić information content (AvgIpc) is 3.08. The van der Waals surface area contributed by atoms with Gasteiger partial charge in [-0.25, -0.2) is 0 Å². The molecule has 0 fully saturated rings. The van der Waals surface area contributed by atoms with Crippen LogP contribution < -0.4 is 15.4 Å². The number of benzene rings is 1. The monoisotopic (exact) mass is 438 g/mol. The average molecular weight is 438 g/mol. The minimum Gasteiger partial charge on any atom is -0.434 e. The third-order valence-corrected chi connectivity index (χ3v) is 5.99. The highest BCUT2D eigenvalue weighted by atomic mass is 32.1. The number of carbonyl (C=O) groups excluding carboxylic acids is 2. The summed E-state index contributed by atoms with van der Waals surface area (Å²) in [6, 6.07) is 5.79. The number of hydrogen-bond acceptors (Lipinski definition) is 5. The van der Waals surface area contributed by atoms with Crippen LogP contribution in [0.2, 0.25) is 0 Å². The van der Waals surface area contributed by atoms with Crippen molar-refractivity contribution >= 4 is 28.2 Å². The summed E-state index contributed by atoms with van der Waals surface area (Å²) in [5.74, 6) is -1.06. The number of carbonyl (C=O) groups is 2. The Labute approximate surface area is 177 Å². The summed E-state index contributed by atoms with van der Waals surface area (Å²) in [6.07, 6.45) is 4.31. The number of methoxy groups -OCH3 is 1. The molecule has 0 unspecified atom stereocenters. The van der Waals surface area contributed by atoms with Crippen LogP contribution in [0.25, 0.3) is 0 Å². The van der Waals surface area contributed by atoms with E-state index in [1.807, 2.05) is 0 Å². The fourth-order valence-corrected chi connectivity index (χ4v) is 4.71. The maximum atomic E-state index is 12.9. The van der Waals surface area contributed by atoms with Crippen molar-refractivity contribution in [2.45, 2.75) is 38.7 Å². The van der Waals surface area contributed by atoms with E-state index < -0.39 is 12.5 Å². The SMILES string of the molecule is COCCCNC(=O)c1c(NC(=O)c2ccccc2OC(F)F)sc2c1CCCC2. The number of fused-ring (bicyclic) bond motifs is 1. The summed E-state index contributed by atoms with van der Waals surface area (Å²) in [5, 5.41) is 6.06. The van der Waals surface area contributed by atoms with Gasteiger partial charge in [0.25, 0.3) is 11.8 Å². The molecule has 0 aliphatic heterocycles. The van der Waals surface area contributed by atoms with Crippen LogP contribution in [-0.4, -0.2) is 38.7 Å². The maximum Gasteiger partial charge on any atom is 0.387 e. The van der Waals surface area contributed by atoms with Crippen molar-refractivity contribution in [2.24, 2.45) is 0 Å². The lowest BCUT2D eigenvalue weighted by molar-refractivity contribution is -0.0501. The van der Waals surface area contributed by atoms with Gasteiger partial charge in [0.1, 0.15) is 10.8 Å². The first-order valence-corrected chi connectivity index (χ1v) is 10.6. The van der Waals surface area contributed by atoms with Crippen LogP contribution in [0, 0.1) is 0 Å². The Kier molecular flexibility index (Phi) is 7.75. The molecule has 9 heteroatoms. The van der Waals surface area contributed by atoms with E-state index in [1.54, 1.807) is 13.2 Å². The lowest BCUT2D eigenvalue weighted by atomic mass is 9.95. The van der Waals surface area contributed by atoms with Crippen LogP contribution in [0.15, 0.2) is 24.3 Å². The molecule has 6 nitrogen and oxygen atoms in total. The lowest BCUT2D eigenvalue weighted by Crippen LogP contribution is -2.27. The van der Waals surface area contributed by atoms with E-state index in [0.29, 0.717) is 30.1 Å². The molecule has 1 heterocycles. The van der Waals surface area contributed by atoms with Gasteiger partial charge in [-0.1, -0.05) is 12.1 Å². The van der Waals surface area contributed by atoms with Gasteiger partial charge in [0.2, 0.25) is 0 Å². The third kappa shape index (κ3) is 5.34. The number of nitrogens with one attached hydrogen (secondary N) is 2. The molecule has 0 spiro atoms. The first-order valence-electron chi connectivity index (χ1n) is 9.78.